The number of esters is 1. The molecule has 1 unspecified atom stereocenters. The maximum Gasteiger partial charge on any atom is 0.340 e. The van der Waals surface area contributed by atoms with Gasteiger partial charge in [-0.3, -0.25) is 14.5 Å². The molecule has 0 saturated heterocycles. The Balaban J connectivity index is 1.70. The molecular weight excluding hydrogens is 458 g/mol. The van der Waals surface area contributed by atoms with Gasteiger partial charge in [0.25, 0.3) is 0 Å². The number of fused-ring (bicyclic) bond motifs is 6. The zero-order valence-corrected chi connectivity index (χ0v) is 18.1. The monoisotopic (exact) mass is 477 g/mol. The number of benzene rings is 3. The fraction of sp³-hybridized carbons (Fsp3) is 0.160. The van der Waals surface area contributed by atoms with Gasteiger partial charge in [0.1, 0.15) is 23.0 Å². The van der Waals surface area contributed by atoms with Gasteiger partial charge in [-0.15, -0.1) is 0 Å². The number of carboxylic acid groups (broad SMARTS) is 2. The van der Waals surface area contributed by atoms with Crippen molar-refractivity contribution in [3.63, 3.8) is 0 Å². The predicted octanol–water partition coefficient (Wildman–Crippen LogP) is 2.64. The number of aliphatic carboxylic acids is 2. The van der Waals surface area contributed by atoms with Crippen LogP contribution in [0.25, 0.3) is 0 Å². The molecule has 0 aromatic heterocycles. The van der Waals surface area contributed by atoms with Gasteiger partial charge in [-0.2, -0.15) is 0 Å². The van der Waals surface area contributed by atoms with Crippen molar-refractivity contribution in [2.75, 3.05) is 13.1 Å². The van der Waals surface area contributed by atoms with Crippen LogP contribution in [0.15, 0.2) is 54.6 Å². The first-order valence-electron chi connectivity index (χ1n) is 10.6. The quantitative estimate of drug-likeness (QED) is 0.390. The molecule has 10 heteroatoms. The van der Waals surface area contributed by atoms with E-state index >= 15 is 0 Å². The summed E-state index contributed by atoms with van der Waals surface area (Å²) in [4.78, 5) is 36.5. The van der Waals surface area contributed by atoms with Crippen LogP contribution < -0.4 is 4.74 Å². The first-order valence-corrected chi connectivity index (χ1v) is 10.6. The van der Waals surface area contributed by atoms with E-state index in [1.165, 1.54) is 24.3 Å². The van der Waals surface area contributed by atoms with Crippen LogP contribution in [0.1, 0.15) is 32.6 Å². The van der Waals surface area contributed by atoms with Crippen LogP contribution in [0.5, 0.6) is 23.0 Å². The van der Waals surface area contributed by atoms with E-state index in [1.807, 2.05) is 0 Å². The van der Waals surface area contributed by atoms with Crippen LogP contribution in [0.3, 0.4) is 0 Å². The minimum atomic E-state index is -1.46. The number of carbonyl (C=O) groups is 3. The second-order valence-corrected chi connectivity index (χ2v) is 8.31. The molecule has 3 aromatic rings. The molecule has 2 aliphatic heterocycles. The minimum Gasteiger partial charge on any atom is -0.508 e. The normalized spacial score (nSPS) is 17.3. The summed E-state index contributed by atoms with van der Waals surface area (Å²) in [5, 5.41) is 39.1. The second-order valence-electron chi connectivity index (χ2n) is 8.31. The molecule has 35 heavy (non-hydrogen) atoms. The number of rotatable bonds is 6. The number of aromatic hydroxyl groups is 2. The molecule has 2 heterocycles. The molecule has 178 valence electrons. The largest absolute Gasteiger partial charge is 0.508 e. The Labute approximate surface area is 198 Å². The van der Waals surface area contributed by atoms with Gasteiger partial charge in [0.05, 0.1) is 18.7 Å². The lowest BCUT2D eigenvalue weighted by atomic mass is 9.77. The number of hydrogen-bond donors (Lipinski definition) is 4. The first kappa shape index (κ1) is 22.2. The standard InChI is InChI=1S/C25H19NO9/c27-14-5-6-17-20(8-14)34-21-9-19(28)13(10-26(11-22(29)30)12-23(31)32)7-18(21)25(17)16-4-2-1-3-15(16)24(33)35-25/h1-9,27-28H,10-12H2,(H,29,30)(H,31,32). The number of phenolic OH excluding ortho intramolecular Hbond substituents is 2. The average Bonchev–Trinajstić information content (AvgIpc) is 3.07. The van der Waals surface area contributed by atoms with E-state index in [-0.39, 0.29) is 35.1 Å². The van der Waals surface area contributed by atoms with Crippen molar-refractivity contribution in [2.45, 2.75) is 12.1 Å². The summed E-state index contributed by atoms with van der Waals surface area (Å²) in [5.41, 5.74) is 0.449. The Bertz CT molecular complexity index is 1380. The number of carboxylic acids is 2. The van der Waals surface area contributed by atoms with Gasteiger partial charge in [-0.25, -0.2) is 4.79 Å². The third kappa shape index (κ3) is 3.60. The van der Waals surface area contributed by atoms with E-state index in [2.05, 4.69) is 0 Å². The van der Waals surface area contributed by atoms with E-state index < -0.39 is 36.6 Å². The van der Waals surface area contributed by atoms with Gasteiger partial charge in [-0.05, 0) is 24.3 Å². The summed E-state index contributed by atoms with van der Waals surface area (Å²) in [6.45, 7) is -1.33. The van der Waals surface area contributed by atoms with Gasteiger partial charge in [-0.1, -0.05) is 18.2 Å². The Morgan fingerprint density at radius 1 is 0.857 bits per heavy atom. The topological polar surface area (TPSA) is 154 Å². The van der Waals surface area contributed by atoms with Crippen LogP contribution in [0, 0.1) is 0 Å². The molecule has 4 N–H and O–H groups in total. The van der Waals surface area contributed by atoms with Crippen molar-refractivity contribution in [1.29, 1.82) is 0 Å². The zero-order chi connectivity index (χ0) is 24.9. The summed E-state index contributed by atoms with van der Waals surface area (Å²) in [6.07, 6.45) is 0. The van der Waals surface area contributed by atoms with Crippen LogP contribution >= 0.6 is 0 Å². The Morgan fingerprint density at radius 3 is 2.26 bits per heavy atom. The second kappa shape index (κ2) is 8.03. The maximum atomic E-state index is 12.9. The van der Waals surface area contributed by atoms with Crippen molar-refractivity contribution in [1.82, 2.24) is 4.90 Å². The summed E-state index contributed by atoms with van der Waals surface area (Å²) >= 11 is 0. The van der Waals surface area contributed by atoms with Gasteiger partial charge in [0.15, 0.2) is 5.60 Å². The van der Waals surface area contributed by atoms with Crippen molar-refractivity contribution < 1.29 is 44.3 Å². The Morgan fingerprint density at radius 2 is 1.54 bits per heavy atom. The average molecular weight is 477 g/mol. The molecule has 1 atom stereocenters. The third-order valence-corrected chi connectivity index (χ3v) is 6.01. The number of carbonyl (C=O) groups excluding carboxylic acids is 1. The van der Waals surface area contributed by atoms with Crippen molar-refractivity contribution in [3.8, 4) is 23.0 Å². The summed E-state index contributed by atoms with van der Waals surface area (Å²) in [6, 6.07) is 14.0. The van der Waals surface area contributed by atoms with E-state index in [0.29, 0.717) is 22.3 Å². The fourth-order valence-corrected chi connectivity index (χ4v) is 4.66. The van der Waals surface area contributed by atoms with Crippen LogP contribution in [0.4, 0.5) is 0 Å². The molecule has 0 radical (unpaired) electrons. The van der Waals surface area contributed by atoms with E-state index in [0.717, 1.165) is 4.90 Å². The SMILES string of the molecule is O=C(O)CN(CC(=O)O)Cc1cc2c(cc1O)Oc1cc(O)ccc1C21OC(=O)c2ccccc21. The van der Waals surface area contributed by atoms with Gasteiger partial charge in [0.2, 0.25) is 0 Å². The number of ether oxygens (including phenoxy) is 2. The molecule has 0 amide bonds. The van der Waals surface area contributed by atoms with Crippen LogP contribution in [-0.4, -0.2) is 56.3 Å². The maximum absolute atomic E-state index is 12.9. The lowest BCUT2D eigenvalue weighted by molar-refractivity contribution is -0.142. The lowest BCUT2D eigenvalue weighted by Crippen LogP contribution is -2.35. The highest BCUT2D eigenvalue weighted by molar-refractivity contribution is 5.97. The van der Waals surface area contributed by atoms with E-state index in [4.69, 9.17) is 9.47 Å². The molecule has 2 aliphatic rings. The number of nitrogens with zero attached hydrogens (tertiary/aromatic N) is 1. The number of phenols is 2. The molecule has 10 nitrogen and oxygen atoms in total. The highest BCUT2D eigenvalue weighted by Gasteiger charge is 2.53. The van der Waals surface area contributed by atoms with E-state index in [9.17, 15) is 34.8 Å². The molecule has 3 aromatic carbocycles. The molecule has 0 aliphatic carbocycles. The summed E-state index contributed by atoms with van der Waals surface area (Å²) < 4.78 is 12.0. The molecular formula is C25H19NO9. The summed E-state index contributed by atoms with van der Waals surface area (Å²) in [7, 11) is 0. The lowest BCUT2D eigenvalue weighted by Gasteiger charge is -2.37. The molecule has 1 spiro atoms. The Kier molecular flexibility index (Phi) is 5.10. The third-order valence-electron chi connectivity index (χ3n) is 6.01. The number of hydrogen-bond acceptors (Lipinski definition) is 8. The molecule has 0 bridgehead atoms. The van der Waals surface area contributed by atoms with Crippen molar-refractivity contribution >= 4 is 17.9 Å². The molecule has 5 rings (SSSR count). The van der Waals surface area contributed by atoms with E-state index in [1.54, 1.807) is 30.3 Å². The highest BCUT2D eigenvalue weighted by Crippen LogP contribution is 2.57. The highest BCUT2D eigenvalue weighted by atomic mass is 16.6. The zero-order valence-electron chi connectivity index (χ0n) is 18.1. The minimum absolute atomic E-state index is 0.0706. The van der Waals surface area contributed by atoms with Gasteiger partial charge in [0, 0.05) is 40.9 Å². The van der Waals surface area contributed by atoms with Crippen LogP contribution in [0.2, 0.25) is 0 Å². The van der Waals surface area contributed by atoms with Gasteiger partial charge < -0.3 is 29.9 Å². The molecule has 0 saturated carbocycles. The Hall–Kier alpha value is -4.57. The van der Waals surface area contributed by atoms with Crippen molar-refractivity contribution in [3.05, 3.63) is 82.4 Å². The fourth-order valence-electron chi connectivity index (χ4n) is 4.66. The van der Waals surface area contributed by atoms with Crippen LogP contribution in [-0.2, 0) is 26.5 Å². The first-order chi connectivity index (χ1) is 16.7. The predicted molar refractivity (Wildman–Crippen MR) is 119 cm³/mol. The summed E-state index contributed by atoms with van der Waals surface area (Å²) in [5.74, 6) is -2.96. The molecule has 0 fully saturated rings. The smallest absolute Gasteiger partial charge is 0.340 e. The van der Waals surface area contributed by atoms with Crippen molar-refractivity contribution in [2.24, 2.45) is 0 Å². The van der Waals surface area contributed by atoms with Gasteiger partial charge >= 0.3 is 17.9 Å².